The zero-order chi connectivity index (χ0) is 49.0. The van der Waals surface area contributed by atoms with E-state index in [-0.39, 0.29) is 41.3 Å². The van der Waals surface area contributed by atoms with Crippen LogP contribution in [-0.4, -0.2) is 204 Å². The number of ether oxygens (including phenoxy) is 6. The van der Waals surface area contributed by atoms with Crippen LogP contribution >= 0.6 is 0 Å². The summed E-state index contributed by atoms with van der Waals surface area (Å²) in [5.74, 6) is -0.0749. The predicted molar refractivity (Wildman–Crippen MR) is 233 cm³/mol. The fourth-order valence-electron chi connectivity index (χ4n) is 14.5. The molecule has 8 rings (SSSR count). The van der Waals surface area contributed by atoms with Gasteiger partial charge >= 0.3 is 0 Å². The normalized spacial score (nSPS) is 54.2. The van der Waals surface area contributed by atoms with Crippen molar-refractivity contribution in [3.05, 3.63) is 23.3 Å². The molecule has 0 bridgehead atoms. The van der Waals surface area contributed by atoms with Crippen molar-refractivity contribution in [2.75, 3.05) is 33.0 Å². The number of rotatable bonds is 11. The number of hydrogen-bond donors (Lipinski definition) is 13. The van der Waals surface area contributed by atoms with Gasteiger partial charge in [-0.1, -0.05) is 59.3 Å². The summed E-state index contributed by atoms with van der Waals surface area (Å²) in [6.45, 7) is 10.9. The second kappa shape index (κ2) is 18.6. The third-order valence-electron chi connectivity index (χ3n) is 19.0. The standard InChI is InChI=1S/C48H78O19/c1-43(2)13-14-48(21-52)23(15-43)22-7-8-28-44(3)11-10-30(45(4,20-51)27(44)9-12-46(28,5)47(22,6)16-29(48)53)66-41-38(61)35(58)39(67-42-37(60)34(57)32(55)25(18-50)64-42)26(65-41)19-62-40-36(59)33(56)31(54)24(17-49)63-40/h7-8,24-42,49-61H,9-21H2,1-6H3/t24-,25-,26-,27-,28-,29+,30+,31-,32-,33+,34+,35-,36-,37-,38-,39-,40-,41+,42+,44+,45+,46-,47-,48-/m0/s1. The molecule has 8 aliphatic rings. The van der Waals surface area contributed by atoms with Crippen LogP contribution in [0.1, 0.15) is 92.9 Å². The largest absolute Gasteiger partial charge is 0.396 e. The summed E-state index contributed by atoms with van der Waals surface area (Å²) < 4.78 is 35.8. The molecule has 0 aromatic rings. The lowest BCUT2D eigenvalue weighted by molar-refractivity contribution is -0.376. The third kappa shape index (κ3) is 8.15. The Morgan fingerprint density at radius 3 is 1.81 bits per heavy atom. The molecule has 3 saturated heterocycles. The fraction of sp³-hybridized carbons (Fsp3) is 0.917. The lowest BCUT2D eigenvalue weighted by Crippen LogP contribution is -2.67. The molecular weight excluding hydrogens is 881 g/mol. The molecule has 19 nitrogen and oxygen atoms in total. The first-order valence-electron chi connectivity index (χ1n) is 24.3. The lowest BCUT2D eigenvalue weighted by Gasteiger charge is -2.70. The van der Waals surface area contributed by atoms with Crippen molar-refractivity contribution >= 4 is 0 Å². The molecule has 0 radical (unpaired) electrons. The van der Waals surface area contributed by atoms with Crippen LogP contribution in [0.5, 0.6) is 0 Å². The molecule has 3 heterocycles. The van der Waals surface area contributed by atoms with E-state index in [2.05, 4.69) is 46.8 Å². The minimum absolute atomic E-state index is 0.0246. The molecule has 19 heteroatoms. The number of hydrogen-bond acceptors (Lipinski definition) is 19. The summed E-state index contributed by atoms with van der Waals surface area (Å²) in [5, 5.41) is 141. The third-order valence-corrected chi connectivity index (χ3v) is 19.0. The van der Waals surface area contributed by atoms with Crippen LogP contribution in [0.25, 0.3) is 0 Å². The summed E-state index contributed by atoms with van der Waals surface area (Å²) in [4.78, 5) is 0. The predicted octanol–water partition coefficient (Wildman–Crippen LogP) is -1.52. The van der Waals surface area contributed by atoms with Gasteiger partial charge in [0.1, 0.15) is 73.2 Å². The molecular formula is C48H78O19. The Morgan fingerprint density at radius 1 is 0.612 bits per heavy atom. The van der Waals surface area contributed by atoms with Crippen LogP contribution in [0, 0.1) is 44.3 Å². The zero-order valence-corrected chi connectivity index (χ0v) is 39.6. The van der Waals surface area contributed by atoms with Crippen LogP contribution in [0.15, 0.2) is 23.3 Å². The second-order valence-electron chi connectivity index (χ2n) is 23.1. The molecule has 3 aliphatic heterocycles. The maximum atomic E-state index is 12.1. The second-order valence-corrected chi connectivity index (χ2v) is 23.1. The van der Waals surface area contributed by atoms with E-state index in [1.54, 1.807) is 0 Å². The lowest BCUT2D eigenvalue weighted by atomic mass is 9.35. The van der Waals surface area contributed by atoms with Gasteiger partial charge in [0.25, 0.3) is 0 Å². The van der Waals surface area contributed by atoms with E-state index in [1.165, 1.54) is 11.1 Å². The average Bonchev–Trinajstić information content (AvgIpc) is 3.29. The van der Waals surface area contributed by atoms with Crippen molar-refractivity contribution in [3.63, 3.8) is 0 Å². The topological polar surface area (TPSA) is 318 Å². The van der Waals surface area contributed by atoms with E-state index in [0.717, 1.165) is 25.7 Å². The van der Waals surface area contributed by atoms with Crippen molar-refractivity contribution in [2.24, 2.45) is 44.3 Å². The number of fused-ring (bicyclic) bond motifs is 6. The molecule has 67 heavy (non-hydrogen) atoms. The van der Waals surface area contributed by atoms with Gasteiger partial charge in [0.15, 0.2) is 18.9 Å². The molecule has 24 atom stereocenters. The van der Waals surface area contributed by atoms with Crippen molar-refractivity contribution in [1.82, 2.24) is 0 Å². The molecule has 0 unspecified atom stereocenters. The highest BCUT2D eigenvalue weighted by atomic mass is 16.8. The Bertz CT molecular complexity index is 1830. The van der Waals surface area contributed by atoms with Crippen molar-refractivity contribution in [2.45, 2.75) is 197 Å². The summed E-state index contributed by atoms with van der Waals surface area (Å²) in [7, 11) is 0. The Morgan fingerprint density at radius 2 is 1.19 bits per heavy atom. The molecule has 0 aromatic heterocycles. The maximum Gasteiger partial charge on any atom is 0.187 e. The monoisotopic (exact) mass is 959 g/mol. The summed E-state index contributed by atoms with van der Waals surface area (Å²) in [6, 6.07) is 0. The Kier molecular flexibility index (Phi) is 14.5. The molecule has 13 N–H and O–H groups in total. The van der Waals surface area contributed by atoms with Gasteiger partial charge in [0, 0.05) is 16.2 Å². The molecule has 384 valence electrons. The number of aliphatic hydroxyl groups excluding tert-OH is 13. The highest BCUT2D eigenvalue weighted by Gasteiger charge is 2.69. The zero-order valence-electron chi connectivity index (χ0n) is 39.6. The van der Waals surface area contributed by atoms with E-state index >= 15 is 0 Å². The SMILES string of the molecule is CC1(C)CC[C@]2(CO)C(=C3C=C[C@H]4[C@]5(C)CC[C@@H](O[C@H]6O[C@@H](CO[C@H]7O[C@@H](CO)[C@H](O)[C@@H](O)[C@@H]7O)[C@H](O[C@H]7O[C@@H](CO)[C@H](O)[C@@H](O)[C@@H]7O)[C@@H](O)[C@@H]6O)[C@](C)(CO)[C@H]5CC[C@]4(C)[C@@]3(C)C[C@H]2O)C1. The van der Waals surface area contributed by atoms with Gasteiger partial charge in [-0.05, 0) is 85.0 Å². The highest BCUT2D eigenvalue weighted by molar-refractivity contribution is 5.47. The molecule has 6 fully saturated rings. The van der Waals surface area contributed by atoms with Gasteiger partial charge in [-0.3, -0.25) is 0 Å². The van der Waals surface area contributed by atoms with Crippen LogP contribution < -0.4 is 0 Å². The van der Waals surface area contributed by atoms with E-state index in [0.29, 0.717) is 25.7 Å². The van der Waals surface area contributed by atoms with E-state index in [4.69, 9.17) is 28.4 Å². The van der Waals surface area contributed by atoms with Crippen molar-refractivity contribution in [3.8, 4) is 0 Å². The Labute approximate surface area is 391 Å². The molecule has 0 aromatic carbocycles. The molecule has 3 saturated carbocycles. The van der Waals surface area contributed by atoms with E-state index < -0.39 is 140 Å². The average molecular weight is 959 g/mol. The molecule has 0 spiro atoms. The van der Waals surface area contributed by atoms with Crippen molar-refractivity contribution in [1.29, 1.82) is 0 Å². The van der Waals surface area contributed by atoms with Gasteiger partial charge in [0.05, 0.1) is 45.2 Å². The first kappa shape index (κ1) is 52.1. The quantitative estimate of drug-likeness (QED) is 0.105. The smallest absolute Gasteiger partial charge is 0.187 e. The van der Waals surface area contributed by atoms with E-state index in [9.17, 15) is 66.4 Å². The Balaban J connectivity index is 1.06. The van der Waals surface area contributed by atoms with Gasteiger partial charge in [-0.25, -0.2) is 0 Å². The highest BCUT2D eigenvalue weighted by Crippen LogP contribution is 2.74. The summed E-state index contributed by atoms with van der Waals surface area (Å²) in [6.07, 6.45) is -16.5. The fourth-order valence-corrected chi connectivity index (χ4v) is 14.5. The van der Waals surface area contributed by atoms with Crippen LogP contribution in [0.4, 0.5) is 0 Å². The minimum atomic E-state index is -1.90. The van der Waals surface area contributed by atoms with Crippen LogP contribution in [-0.2, 0) is 28.4 Å². The summed E-state index contributed by atoms with van der Waals surface area (Å²) >= 11 is 0. The Hall–Kier alpha value is -1.28. The van der Waals surface area contributed by atoms with Crippen LogP contribution in [0.3, 0.4) is 0 Å². The first-order valence-corrected chi connectivity index (χ1v) is 24.3. The van der Waals surface area contributed by atoms with Gasteiger partial charge < -0.3 is 94.8 Å². The minimum Gasteiger partial charge on any atom is -0.396 e. The molecule has 5 aliphatic carbocycles. The van der Waals surface area contributed by atoms with Gasteiger partial charge in [-0.2, -0.15) is 0 Å². The first-order chi connectivity index (χ1) is 31.4. The van der Waals surface area contributed by atoms with Crippen molar-refractivity contribution < 1.29 is 94.8 Å². The maximum absolute atomic E-state index is 12.1. The summed E-state index contributed by atoms with van der Waals surface area (Å²) in [5.41, 5.74) is -0.186. The van der Waals surface area contributed by atoms with Gasteiger partial charge in [0.2, 0.25) is 0 Å². The van der Waals surface area contributed by atoms with Gasteiger partial charge in [-0.15, -0.1) is 0 Å². The van der Waals surface area contributed by atoms with Crippen LogP contribution in [0.2, 0.25) is 0 Å². The number of allylic oxidation sites excluding steroid dienone is 3. The van der Waals surface area contributed by atoms with E-state index in [1.807, 2.05) is 6.92 Å². The number of aliphatic hydroxyl groups is 13. The molecule has 0 amide bonds.